The van der Waals surface area contributed by atoms with E-state index in [0.29, 0.717) is 31.1 Å². The number of carbonyl (C=O) groups excluding carboxylic acids is 1. The SMILES string of the molecule is CSc1ccc(C)c(C(=O)N2CCOC[C@@H]2c2ncon2)c1. The fraction of sp³-hybridized carbons (Fsp3) is 0.400. The second-order valence-corrected chi connectivity index (χ2v) is 5.94. The Morgan fingerprint density at radius 1 is 1.45 bits per heavy atom. The summed E-state index contributed by atoms with van der Waals surface area (Å²) in [6.07, 6.45) is 3.27. The number of hydrogen-bond donors (Lipinski definition) is 0. The third kappa shape index (κ3) is 2.86. The lowest BCUT2D eigenvalue weighted by molar-refractivity contribution is -0.00582. The zero-order valence-electron chi connectivity index (χ0n) is 12.5. The number of aryl methyl sites for hydroxylation is 1. The van der Waals surface area contributed by atoms with Crippen LogP contribution >= 0.6 is 11.8 Å². The van der Waals surface area contributed by atoms with E-state index in [0.717, 1.165) is 10.5 Å². The summed E-state index contributed by atoms with van der Waals surface area (Å²) in [5.41, 5.74) is 1.67. The summed E-state index contributed by atoms with van der Waals surface area (Å²) >= 11 is 1.62. The molecule has 1 fully saturated rings. The monoisotopic (exact) mass is 319 g/mol. The van der Waals surface area contributed by atoms with Gasteiger partial charge in [0.15, 0.2) is 5.82 Å². The van der Waals surface area contributed by atoms with Crippen molar-refractivity contribution in [1.82, 2.24) is 15.0 Å². The highest BCUT2D eigenvalue weighted by molar-refractivity contribution is 7.98. The van der Waals surface area contributed by atoms with Gasteiger partial charge >= 0.3 is 0 Å². The Labute approximate surface area is 132 Å². The highest BCUT2D eigenvalue weighted by Crippen LogP contribution is 2.26. The Kier molecular flexibility index (Phi) is 4.44. The first-order valence-corrected chi connectivity index (χ1v) is 8.23. The van der Waals surface area contributed by atoms with Gasteiger partial charge in [0.05, 0.1) is 13.2 Å². The second kappa shape index (κ2) is 6.50. The summed E-state index contributed by atoms with van der Waals surface area (Å²) in [4.78, 5) is 19.9. The molecule has 0 aliphatic carbocycles. The van der Waals surface area contributed by atoms with E-state index >= 15 is 0 Å². The van der Waals surface area contributed by atoms with Crippen molar-refractivity contribution in [3.8, 4) is 0 Å². The fourth-order valence-corrected chi connectivity index (χ4v) is 2.94. The topological polar surface area (TPSA) is 68.5 Å². The number of hydrogen-bond acceptors (Lipinski definition) is 6. The number of ether oxygens (including phenoxy) is 1. The number of carbonyl (C=O) groups is 1. The quantitative estimate of drug-likeness (QED) is 0.809. The molecule has 1 aromatic heterocycles. The van der Waals surface area contributed by atoms with E-state index in [2.05, 4.69) is 10.1 Å². The van der Waals surface area contributed by atoms with Gasteiger partial charge in [-0.3, -0.25) is 4.79 Å². The van der Waals surface area contributed by atoms with Gasteiger partial charge < -0.3 is 14.2 Å². The average Bonchev–Trinajstić information content (AvgIpc) is 3.09. The van der Waals surface area contributed by atoms with Gasteiger partial charge in [0.1, 0.15) is 6.04 Å². The van der Waals surface area contributed by atoms with Crippen LogP contribution in [0, 0.1) is 6.92 Å². The molecule has 0 unspecified atom stereocenters. The minimum atomic E-state index is -0.308. The van der Waals surface area contributed by atoms with Crippen LogP contribution in [0.1, 0.15) is 27.8 Å². The molecule has 0 N–H and O–H groups in total. The van der Waals surface area contributed by atoms with E-state index in [1.165, 1.54) is 6.39 Å². The predicted molar refractivity (Wildman–Crippen MR) is 81.9 cm³/mol. The lowest BCUT2D eigenvalue weighted by Gasteiger charge is -2.34. The molecule has 7 heteroatoms. The molecule has 22 heavy (non-hydrogen) atoms. The molecule has 6 nitrogen and oxygen atoms in total. The summed E-state index contributed by atoms with van der Waals surface area (Å²) in [5, 5.41) is 3.86. The molecule has 0 bridgehead atoms. The van der Waals surface area contributed by atoms with Gasteiger partial charge in [-0.25, -0.2) is 0 Å². The van der Waals surface area contributed by atoms with Crippen molar-refractivity contribution in [2.75, 3.05) is 26.0 Å². The lowest BCUT2D eigenvalue weighted by atomic mass is 10.1. The predicted octanol–water partition coefficient (Wildman–Crippen LogP) is 2.31. The van der Waals surface area contributed by atoms with Gasteiger partial charge in [-0.15, -0.1) is 11.8 Å². The second-order valence-electron chi connectivity index (χ2n) is 5.06. The molecular weight excluding hydrogens is 302 g/mol. The zero-order chi connectivity index (χ0) is 15.5. The van der Waals surface area contributed by atoms with E-state index in [1.54, 1.807) is 16.7 Å². The molecule has 116 valence electrons. The minimum Gasteiger partial charge on any atom is -0.377 e. The van der Waals surface area contributed by atoms with Crippen LogP contribution in [0.2, 0.25) is 0 Å². The van der Waals surface area contributed by atoms with Crippen LogP contribution in [0.4, 0.5) is 0 Å². The molecule has 2 heterocycles. The summed E-state index contributed by atoms with van der Waals surface area (Å²) in [7, 11) is 0. The van der Waals surface area contributed by atoms with Crippen molar-refractivity contribution in [3.63, 3.8) is 0 Å². The lowest BCUT2D eigenvalue weighted by Crippen LogP contribution is -2.44. The summed E-state index contributed by atoms with van der Waals surface area (Å²) in [6, 6.07) is 5.62. The number of amides is 1. The van der Waals surface area contributed by atoms with Gasteiger partial charge in [0.2, 0.25) is 6.39 Å². The first-order chi connectivity index (χ1) is 10.7. The Balaban J connectivity index is 1.92. The number of rotatable bonds is 3. The average molecular weight is 319 g/mol. The summed E-state index contributed by atoms with van der Waals surface area (Å²) < 4.78 is 10.3. The molecule has 0 spiro atoms. The molecule has 1 atom stereocenters. The fourth-order valence-electron chi connectivity index (χ4n) is 2.50. The molecule has 1 amide bonds. The smallest absolute Gasteiger partial charge is 0.254 e. The van der Waals surface area contributed by atoms with Crippen molar-refractivity contribution < 1.29 is 14.1 Å². The molecule has 2 aromatic rings. The first-order valence-electron chi connectivity index (χ1n) is 7.00. The van der Waals surface area contributed by atoms with Crippen LogP contribution in [0.25, 0.3) is 0 Å². The van der Waals surface area contributed by atoms with E-state index < -0.39 is 0 Å². The van der Waals surface area contributed by atoms with Crippen molar-refractivity contribution in [3.05, 3.63) is 41.5 Å². The maximum atomic E-state index is 13.0. The number of thioether (sulfide) groups is 1. The first kappa shape index (κ1) is 15.1. The number of nitrogens with zero attached hydrogens (tertiary/aromatic N) is 3. The van der Waals surface area contributed by atoms with Gasteiger partial charge in [0, 0.05) is 17.0 Å². The van der Waals surface area contributed by atoms with E-state index in [9.17, 15) is 4.79 Å². The van der Waals surface area contributed by atoms with Gasteiger partial charge in [-0.2, -0.15) is 4.98 Å². The number of aromatic nitrogens is 2. The third-order valence-electron chi connectivity index (χ3n) is 3.74. The van der Waals surface area contributed by atoms with Crippen LogP contribution in [0.15, 0.2) is 34.0 Å². The van der Waals surface area contributed by atoms with Crippen molar-refractivity contribution in [2.45, 2.75) is 17.9 Å². The number of benzene rings is 1. The minimum absolute atomic E-state index is 0.0218. The number of morpholine rings is 1. The van der Waals surface area contributed by atoms with Crippen LogP contribution in [-0.2, 0) is 4.74 Å². The van der Waals surface area contributed by atoms with Crippen molar-refractivity contribution in [2.24, 2.45) is 0 Å². The van der Waals surface area contributed by atoms with Crippen LogP contribution < -0.4 is 0 Å². The van der Waals surface area contributed by atoms with Gasteiger partial charge in [-0.05, 0) is 30.9 Å². The van der Waals surface area contributed by atoms with E-state index in [4.69, 9.17) is 9.26 Å². The maximum Gasteiger partial charge on any atom is 0.254 e. The normalized spacial score (nSPS) is 18.5. The van der Waals surface area contributed by atoms with Crippen molar-refractivity contribution in [1.29, 1.82) is 0 Å². The van der Waals surface area contributed by atoms with Crippen molar-refractivity contribution >= 4 is 17.7 Å². The van der Waals surface area contributed by atoms with Crippen LogP contribution in [-0.4, -0.2) is 47.0 Å². The Morgan fingerprint density at radius 2 is 2.32 bits per heavy atom. The maximum absolute atomic E-state index is 13.0. The zero-order valence-corrected chi connectivity index (χ0v) is 13.3. The van der Waals surface area contributed by atoms with E-state index in [1.807, 2.05) is 31.4 Å². The Hall–Kier alpha value is -1.86. The molecular formula is C15H17N3O3S. The van der Waals surface area contributed by atoms with Gasteiger partial charge in [-0.1, -0.05) is 11.2 Å². The molecule has 1 aliphatic heterocycles. The molecule has 0 radical (unpaired) electrons. The summed E-state index contributed by atoms with van der Waals surface area (Å²) in [6.45, 7) is 3.36. The van der Waals surface area contributed by atoms with Crippen LogP contribution in [0.3, 0.4) is 0 Å². The van der Waals surface area contributed by atoms with Crippen LogP contribution in [0.5, 0.6) is 0 Å². The van der Waals surface area contributed by atoms with E-state index in [-0.39, 0.29) is 11.9 Å². The molecule has 0 saturated carbocycles. The molecule has 3 rings (SSSR count). The highest BCUT2D eigenvalue weighted by atomic mass is 32.2. The highest BCUT2D eigenvalue weighted by Gasteiger charge is 2.32. The molecule has 1 aliphatic rings. The molecule has 1 aromatic carbocycles. The summed E-state index contributed by atoms with van der Waals surface area (Å²) in [5.74, 6) is 0.457. The largest absolute Gasteiger partial charge is 0.377 e. The third-order valence-corrected chi connectivity index (χ3v) is 4.47. The molecule has 1 saturated heterocycles. The standard InChI is InChI=1S/C15H17N3O3S/c1-10-3-4-11(22-2)7-12(10)15(19)18-5-6-20-8-13(18)14-16-9-21-17-14/h3-4,7,9,13H,5-6,8H2,1-2H3/t13-/m1/s1. The Morgan fingerprint density at radius 3 is 3.05 bits per heavy atom. The van der Waals surface area contributed by atoms with Gasteiger partial charge in [0.25, 0.3) is 5.91 Å². The Bertz CT molecular complexity index is 660.